The molecular weight excluding hydrogens is 230 g/mol. The smallest absolute Gasteiger partial charge is 0.310 e. The van der Waals surface area contributed by atoms with Crippen LogP contribution in [0.15, 0.2) is 0 Å². The topological polar surface area (TPSA) is 52.3 Å². The number of carbonyl (C=O) groups excluding carboxylic acids is 1. The van der Waals surface area contributed by atoms with E-state index in [0.717, 1.165) is 7.11 Å². The van der Waals surface area contributed by atoms with E-state index in [9.17, 15) is 22.4 Å². The number of carbonyl (C=O) groups is 1. The van der Waals surface area contributed by atoms with E-state index in [-0.39, 0.29) is 0 Å². The zero-order valence-corrected chi connectivity index (χ0v) is 8.11. The highest BCUT2D eigenvalue weighted by Crippen LogP contribution is 2.26. The maximum Gasteiger partial charge on any atom is 0.310 e. The summed E-state index contributed by atoms with van der Waals surface area (Å²) in [5.41, 5.74) is 2.46. The average molecular weight is 237 g/mol. The standard InChI is InChI=1S/C9H7F4NO2/c1-16-4(15)2-3-5(10)7(12)9(14)8(13)6(3)11/h2,14H2,1H3. The predicted molar refractivity (Wildman–Crippen MR) is 46.4 cm³/mol. The molecule has 0 saturated carbocycles. The van der Waals surface area contributed by atoms with Crippen molar-refractivity contribution in [3.05, 3.63) is 28.8 Å². The minimum atomic E-state index is -1.72. The molecule has 1 rings (SSSR count). The third-order valence-corrected chi connectivity index (χ3v) is 1.94. The Morgan fingerprint density at radius 2 is 1.56 bits per heavy atom. The van der Waals surface area contributed by atoms with Gasteiger partial charge in [0, 0.05) is 5.56 Å². The molecular formula is C9H7F4NO2. The number of hydrogen-bond acceptors (Lipinski definition) is 3. The molecule has 0 heterocycles. The lowest BCUT2D eigenvalue weighted by Gasteiger charge is -2.08. The number of nitrogens with two attached hydrogens (primary N) is 1. The highest BCUT2D eigenvalue weighted by molar-refractivity contribution is 5.72. The van der Waals surface area contributed by atoms with Crippen LogP contribution in [0.3, 0.4) is 0 Å². The molecule has 0 aliphatic carbocycles. The van der Waals surface area contributed by atoms with Crippen molar-refractivity contribution >= 4 is 11.7 Å². The molecule has 0 aliphatic heterocycles. The molecule has 7 heteroatoms. The van der Waals surface area contributed by atoms with Crippen LogP contribution >= 0.6 is 0 Å². The SMILES string of the molecule is COC(=O)Cc1c(F)c(F)c(N)c(F)c1F. The zero-order chi connectivity index (χ0) is 12.5. The van der Waals surface area contributed by atoms with Crippen LogP contribution in [0.2, 0.25) is 0 Å². The summed E-state index contributed by atoms with van der Waals surface area (Å²) in [7, 11) is 0.974. The molecule has 16 heavy (non-hydrogen) atoms. The van der Waals surface area contributed by atoms with E-state index in [0.29, 0.717) is 0 Å². The summed E-state index contributed by atoms with van der Waals surface area (Å²) in [6.07, 6.45) is -0.914. The van der Waals surface area contributed by atoms with E-state index >= 15 is 0 Å². The lowest BCUT2D eigenvalue weighted by atomic mass is 10.1. The van der Waals surface area contributed by atoms with Crippen LogP contribution in [-0.4, -0.2) is 13.1 Å². The molecule has 0 aliphatic rings. The molecule has 0 aromatic heterocycles. The van der Waals surface area contributed by atoms with Gasteiger partial charge in [0.15, 0.2) is 23.3 Å². The molecule has 1 aromatic carbocycles. The third-order valence-electron chi connectivity index (χ3n) is 1.94. The summed E-state index contributed by atoms with van der Waals surface area (Å²) in [4.78, 5) is 10.8. The van der Waals surface area contributed by atoms with Crippen LogP contribution in [0.4, 0.5) is 23.2 Å². The predicted octanol–water partition coefficient (Wildman–Crippen LogP) is 1.54. The maximum absolute atomic E-state index is 13.1. The summed E-state index contributed by atoms with van der Waals surface area (Å²) in [5.74, 6) is -7.86. The van der Waals surface area contributed by atoms with Crippen molar-refractivity contribution in [1.29, 1.82) is 0 Å². The first-order valence-corrected chi connectivity index (χ1v) is 4.07. The number of rotatable bonds is 2. The number of hydrogen-bond donors (Lipinski definition) is 1. The second-order valence-electron chi connectivity index (χ2n) is 2.90. The lowest BCUT2D eigenvalue weighted by Crippen LogP contribution is -2.13. The quantitative estimate of drug-likeness (QED) is 0.367. The number of methoxy groups -OCH3 is 1. The number of anilines is 1. The molecule has 0 atom stereocenters. The van der Waals surface area contributed by atoms with E-state index in [2.05, 4.69) is 4.74 Å². The maximum atomic E-state index is 13.1. The summed E-state index contributed by atoms with van der Waals surface area (Å²) in [5, 5.41) is 0. The van der Waals surface area contributed by atoms with Gasteiger partial charge < -0.3 is 10.5 Å². The van der Waals surface area contributed by atoms with Gasteiger partial charge >= 0.3 is 5.97 Å². The summed E-state index contributed by atoms with van der Waals surface area (Å²) >= 11 is 0. The van der Waals surface area contributed by atoms with Gasteiger partial charge in [-0.25, -0.2) is 17.6 Å². The van der Waals surface area contributed by atoms with Crippen molar-refractivity contribution < 1.29 is 27.1 Å². The largest absolute Gasteiger partial charge is 0.469 e. The molecule has 0 unspecified atom stereocenters. The van der Waals surface area contributed by atoms with Crippen molar-refractivity contribution in [2.24, 2.45) is 0 Å². The molecule has 0 fully saturated rings. The summed E-state index contributed by atoms with van der Waals surface area (Å²) in [6.45, 7) is 0. The molecule has 0 amide bonds. The number of benzene rings is 1. The molecule has 3 nitrogen and oxygen atoms in total. The minimum absolute atomic E-state index is 0.914. The number of esters is 1. The first-order valence-electron chi connectivity index (χ1n) is 4.07. The van der Waals surface area contributed by atoms with Gasteiger partial charge in [-0.05, 0) is 0 Å². The zero-order valence-electron chi connectivity index (χ0n) is 8.11. The van der Waals surface area contributed by atoms with Gasteiger partial charge in [0.1, 0.15) is 5.69 Å². The Hall–Kier alpha value is -1.79. The van der Waals surface area contributed by atoms with Gasteiger partial charge in [-0.2, -0.15) is 0 Å². The highest BCUT2D eigenvalue weighted by Gasteiger charge is 2.25. The summed E-state index contributed by atoms with van der Waals surface area (Å²) < 4.78 is 56.2. The molecule has 2 N–H and O–H groups in total. The van der Waals surface area contributed by atoms with Gasteiger partial charge in [-0.1, -0.05) is 0 Å². The van der Waals surface area contributed by atoms with Crippen molar-refractivity contribution in [2.45, 2.75) is 6.42 Å². The molecule has 0 bridgehead atoms. The van der Waals surface area contributed by atoms with Crippen molar-refractivity contribution in [1.82, 2.24) is 0 Å². The number of nitrogen functional groups attached to an aromatic ring is 1. The van der Waals surface area contributed by atoms with Gasteiger partial charge in [0.25, 0.3) is 0 Å². The second kappa shape index (κ2) is 4.38. The fourth-order valence-corrected chi connectivity index (χ4v) is 1.07. The van der Waals surface area contributed by atoms with Gasteiger partial charge in [-0.15, -0.1) is 0 Å². The van der Waals surface area contributed by atoms with E-state index in [1.165, 1.54) is 0 Å². The van der Waals surface area contributed by atoms with Crippen molar-refractivity contribution in [2.75, 3.05) is 12.8 Å². The van der Waals surface area contributed by atoms with Crippen LogP contribution in [-0.2, 0) is 16.0 Å². The molecule has 0 spiro atoms. The number of halogens is 4. The Bertz CT molecular complexity index is 419. The van der Waals surface area contributed by atoms with Gasteiger partial charge in [0.2, 0.25) is 0 Å². The van der Waals surface area contributed by atoms with Gasteiger partial charge in [0.05, 0.1) is 13.5 Å². The van der Waals surface area contributed by atoms with Crippen LogP contribution in [0.5, 0.6) is 0 Å². The minimum Gasteiger partial charge on any atom is -0.469 e. The molecule has 88 valence electrons. The lowest BCUT2D eigenvalue weighted by molar-refractivity contribution is -0.139. The third kappa shape index (κ3) is 1.93. The Balaban J connectivity index is 3.34. The first kappa shape index (κ1) is 12.3. The first-order chi connectivity index (χ1) is 7.40. The monoisotopic (exact) mass is 237 g/mol. The summed E-state index contributed by atoms with van der Waals surface area (Å²) in [6, 6.07) is 0. The fourth-order valence-electron chi connectivity index (χ4n) is 1.07. The van der Waals surface area contributed by atoms with Crippen LogP contribution < -0.4 is 5.73 Å². The van der Waals surface area contributed by atoms with Crippen LogP contribution in [0.1, 0.15) is 5.56 Å². The highest BCUT2D eigenvalue weighted by atomic mass is 19.2. The molecule has 1 aromatic rings. The second-order valence-corrected chi connectivity index (χ2v) is 2.90. The Kier molecular flexibility index (Phi) is 3.36. The Labute approximate surface area is 87.8 Å². The van der Waals surface area contributed by atoms with Crippen molar-refractivity contribution in [3.8, 4) is 0 Å². The molecule has 0 saturated heterocycles. The fraction of sp³-hybridized carbons (Fsp3) is 0.222. The Morgan fingerprint density at radius 3 is 1.94 bits per heavy atom. The average Bonchev–Trinajstić information content (AvgIpc) is 2.29. The number of ether oxygens (including phenoxy) is 1. The Morgan fingerprint density at radius 1 is 1.12 bits per heavy atom. The van der Waals surface area contributed by atoms with E-state index in [1.807, 2.05) is 0 Å². The van der Waals surface area contributed by atoms with Crippen LogP contribution in [0.25, 0.3) is 0 Å². The molecule has 0 radical (unpaired) electrons. The normalized spacial score (nSPS) is 10.3. The van der Waals surface area contributed by atoms with Crippen molar-refractivity contribution in [3.63, 3.8) is 0 Å². The van der Waals surface area contributed by atoms with E-state index in [1.54, 1.807) is 0 Å². The van der Waals surface area contributed by atoms with E-state index < -0.39 is 46.9 Å². The van der Waals surface area contributed by atoms with E-state index in [4.69, 9.17) is 5.73 Å². The van der Waals surface area contributed by atoms with Gasteiger partial charge in [-0.3, -0.25) is 4.79 Å². The van der Waals surface area contributed by atoms with Crippen LogP contribution in [0, 0.1) is 23.3 Å².